The number of aromatic hydroxyl groups is 1. The minimum Gasteiger partial charge on any atom is -0.508 e. The lowest BCUT2D eigenvalue weighted by molar-refractivity contribution is 0.453. The van der Waals surface area contributed by atoms with E-state index in [-0.39, 0.29) is 28.5 Å². The van der Waals surface area contributed by atoms with Gasteiger partial charge in [0.2, 0.25) is 0 Å². The molecule has 0 fully saturated rings. The molecule has 0 unspecified atom stereocenters. The number of rotatable bonds is 3. The number of nitriles is 1. The van der Waals surface area contributed by atoms with Gasteiger partial charge in [0, 0.05) is 19.2 Å². The molecule has 0 atom stereocenters. The summed E-state index contributed by atoms with van der Waals surface area (Å²) < 4.78 is 21.4. The maximum absolute atomic E-state index is 14.4. The summed E-state index contributed by atoms with van der Waals surface area (Å²) in [6.07, 6.45) is 0.870. The van der Waals surface area contributed by atoms with Gasteiger partial charge in [-0.15, -0.1) is 0 Å². The Bertz CT molecular complexity index is 1160. The highest BCUT2D eigenvalue weighted by atomic mass is 19.1. The first-order valence-electron chi connectivity index (χ1n) is 7.27. The van der Waals surface area contributed by atoms with Crippen LogP contribution in [0.3, 0.4) is 0 Å². The van der Waals surface area contributed by atoms with Crippen LogP contribution in [0.15, 0.2) is 52.2 Å². The summed E-state index contributed by atoms with van der Waals surface area (Å²) in [5.41, 5.74) is -1.91. The van der Waals surface area contributed by atoms with E-state index < -0.39 is 17.1 Å². The average Bonchev–Trinajstić information content (AvgIpc) is 2.61. The van der Waals surface area contributed by atoms with Crippen LogP contribution in [0.1, 0.15) is 5.56 Å². The zero-order chi connectivity index (χ0) is 18.8. The zero-order valence-corrected chi connectivity index (χ0v) is 13.4. The van der Waals surface area contributed by atoms with Gasteiger partial charge in [-0.2, -0.15) is 15.0 Å². The Morgan fingerprint density at radius 3 is 2.73 bits per heavy atom. The Kier molecular flexibility index (Phi) is 4.24. The van der Waals surface area contributed by atoms with Gasteiger partial charge in [-0.1, -0.05) is 6.07 Å². The van der Waals surface area contributed by atoms with Gasteiger partial charge >= 0.3 is 5.69 Å². The van der Waals surface area contributed by atoms with Gasteiger partial charge in [0.1, 0.15) is 35.2 Å². The second-order valence-corrected chi connectivity index (χ2v) is 5.25. The van der Waals surface area contributed by atoms with Crippen molar-refractivity contribution in [2.45, 2.75) is 0 Å². The highest BCUT2D eigenvalue weighted by molar-refractivity contribution is 5.52. The molecule has 0 aliphatic heterocycles. The van der Waals surface area contributed by atoms with Crippen molar-refractivity contribution in [2.75, 3.05) is 0 Å². The van der Waals surface area contributed by atoms with Crippen molar-refractivity contribution >= 4 is 0 Å². The van der Waals surface area contributed by atoms with Crippen LogP contribution in [0.4, 0.5) is 4.39 Å². The third kappa shape index (κ3) is 3.03. The second-order valence-electron chi connectivity index (χ2n) is 5.25. The number of phenolic OH excluding ortho intramolecular Hbond substituents is 1. The summed E-state index contributed by atoms with van der Waals surface area (Å²) in [6.45, 7) is 0. The number of hydrogen-bond donors (Lipinski definition) is 1. The quantitative estimate of drug-likeness (QED) is 0.762. The molecule has 9 heteroatoms. The van der Waals surface area contributed by atoms with E-state index in [2.05, 4.69) is 5.10 Å². The Morgan fingerprint density at radius 2 is 2.04 bits per heavy atom. The molecule has 0 saturated heterocycles. The zero-order valence-electron chi connectivity index (χ0n) is 13.4. The van der Waals surface area contributed by atoms with Crippen LogP contribution in [0.2, 0.25) is 0 Å². The molecule has 26 heavy (non-hydrogen) atoms. The number of ether oxygens (including phenoxy) is 1. The first-order chi connectivity index (χ1) is 12.4. The molecule has 130 valence electrons. The maximum atomic E-state index is 14.4. The van der Waals surface area contributed by atoms with E-state index in [0.29, 0.717) is 4.68 Å². The Balaban J connectivity index is 2.17. The van der Waals surface area contributed by atoms with Gasteiger partial charge < -0.3 is 9.84 Å². The number of phenols is 1. The molecule has 2 aromatic carbocycles. The Morgan fingerprint density at radius 1 is 1.27 bits per heavy atom. The first kappa shape index (κ1) is 16.9. The van der Waals surface area contributed by atoms with Gasteiger partial charge in [-0.3, -0.25) is 9.36 Å². The van der Waals surface area contributed by atoms with E-state index in [1.165, 1.54) is 31.3 Å². The molecule has 0 amide bonds. The summed E-state index contributed by atoms with van der Waals surface area (Å²) in [7, 11) is 1.23. The van der Waals surface area contributed by atoms with Crippen molar-refractivity contribution in [3.05, 3.63) is 74.8 Å². The SMILES string of the molecule is Cn1c(=O)cnn(-c2cc(Oc3cccc(O)c3)c(C#N)cc2F)c1=O. The summed E-state index contributed by atoms with van der Waals surface area (Å²) in [4.78, 5) is 23.6. The number of nitrogens with zero attached hydrogens (tertiary/aromatic N) is 4. The third-order valence-corrected chi connectivity index (χ3v) is 3.53. The standard InChI is InChI=1S/C17H11FN4O4/c1-21-16(24)9-20-22(17(21)25)14-7-15(10(8-19)5-13(14)18)26-12-4-2-3-11(23)6-12/h2-7,9,23H,1H3. The Labute approximate surface area is 145 Å². The molecule has 3 aromatic rings. The van der Waals surface area contributed by atoms with E-state index in [4.69, 9.17) is 4.74 Å². The number of hydrogen-bond acceptors (Lipinski definition) is 6. The molecule has 0 spiro atoms. The number of aromatic nitrogens is 3. The van der Waals surface area contributed by atoms with Crippen molar-refractivity contribution in [2.24, 2.45) is 7.05 Å². The lowest BCUT2D eigenvalue weighted by atomic mass is 10.2. The van der Waals surface area contributed by atoms with Crippen molar-refractivity contribution in [3.8, 4) is 29.0 Å². The predicted octanol–water partition coefficient (Wildman–Crippen LogP) is 1.44. The van der Waals surface area contributed by atoms with Crippen LogP contribution >= 0.6 is 0 Å². The monoisotopic (exact) mass is 354 g/mol. The second kappa shape index (κ2) is 6.52. The van der Waals surface area contributed by atoms with Crippen molar-refractivity contribution in [1.29, 1.82) is 5.26 Å². The van der Waals surface area contributed by atoms with Crippen molar-refractivity contribution < 1.29 is 14.2 Å². The maximum Gasteiger partial charge on any atom is 0.352 e. The van der Waals surface area contributed by atoms with Crippen molar-refractivity contribution in [1.82, 2.24) is 14.3 Å². The molecule has 0 saturated carbocycles. The van der Waals surface area contributed by atoms with E-state index in [0.717, 1.165) is 22.9 Å². The number of halogens is 1. The highest BCUT2D eigenvalue weighted by Crippen LogP contribution is 2.30. The third-order valence-electron chi connectivity index (χ3n) is 3.53. The molecule has 8 nitrogen and oxygen atoms in total. The van der Waals surface area contributed by atoms with Crippen LogP contribution in [-0.4, -0.2) is 19.5 Å². The van der Waals surface area contributed by atoms with Crippen LogP contribution in [0.5, 0.6) is 17.2 Å². The molecular formula is C17H11FN4O4. The van der Waals surface area contributed by atoms with E-state index >= 15 is 0 Å². The fourth-order valence-electron chi connectivity index (χ4n) is 2.20. The van der Waals surface area contributed by atoms with Crippen LogP contribution in [-0.2, 0) is 7.05 Å². The summed E-state index contributed by atoms with van der Waals surface area (Å²) in [6, 6.07) is 9.61. The molecule has 3 rings (SSSR count). The largest absolute Gasteiger partial charge is 0.508 e. The lowest BCUT2D eigenvalue weighted by Crippen LogP contribution is -2.38. The molecule has 0 aliphatic rings. The molecule has 0 radical (unpaired) electrons. The van der Waals surface area contributed by atoms with Gasteiger partial charge in [0.05, 0.1) is 5.56 Å². The lowest BCUT2D eigenvalue weighted by Gasteiger charge is -2.12. The minimum absolute atomic E-state index is 0.0444. The van der Waals surface area contributed by atoms with Gasteiger partial charge in [0.15, 0.2) is 5.82 Å². The van der Waals surface area contributed by atoms with Crippen LogP contribution in [0.25, 0.3) is 5.69 Å². The normalized spacial score (nSPS) is 10.3. The fraction of sp³-hybridized carbons (Fsp3) is 0.0588. The van der Waals surface area contributed by atoms with Gasteiger partial charge in [-0.05, 0) is 18.2 Å². The van der Waals surface area contributed by atoms with Gasteiger partial charge in [-0.25, -0.2) is 9.18 Å². The molecule has 1 heterocycles. The fourth-order valence-corrected chi connectivity index (χ4v) is 2.20. The van der Waals surface area contributed by atoms with E-state index in [1.807, 2.05) is 0 Å². The topological polar surface area (TPSA) is 110 Å². The summed E-state index contributed by atoms with van der Waals surface area (Å²) in [5, 5.41) is 22.3. The molecule has 1 aromatic heterocycles. The number of benzene rings is 2. The van der Waals surface area contributed by atoms with Gasteiger partial charge in [0.25, 0.3) is 5.56 Å². The van der Waals surface area contributed by atoms with E-state index in [1.54, 1.807) is 6.07 Å². The average molecular weight is 354 g/mol. The van der Waals surface area contributed by atoms with Crippen LogP contribution in [0, 0.1) is 17.1 Å². The summed E-state index contributed by atoms with van der Waals surface area (Å²) in [5.74, 6) is -0.783. The summed E-state index contributed by atoms with van der Waals surface area (Å²) >= 11 is 0. The van der Waals surface area contributed by atoms with E-state index in [9.17, 15) is 24.3 Å². The first-order valence-corrected chi connectivity index (χ1v) is 7.27. The molecular weight excluding hydrogens is 343 g/mol. The van der Waals surface area contributed by atoms with Crippen molar-refractivity contribution in [3.63, 3.8) is 0 Å². The van der Waals surface area contributed by atoms with Crippen LogP contribution < -0.4 is 16.0 Å². The smallest absolute Gasteiger partial charge is 0.352 e. The predicted molar refractivity (Wildman–Crippen MR) is 87.9 cm³/mol. The highest BCUT2D eigenvalue weighted by Gasteiger charge is 2.16. The molecule has 1 N–H and O–H groups in total. The Hall–Kier alpha value is -3.93. The minimum atomic E-state index is -0.891. The molecule has 0 aliphatic carbocycles. The molecule has 0 bridgehead atoms.